The SMILES string of the molecule is COc1ccc(CCCNC(=O)c2ccc(N3CCCC(C(N)=O)C3)nc2)cc1. The Morgan fingerprint density at radius 2 is 2.03 bits per heavy atom. The third-order valence-electron chi connectivity index (χ3n) is 5.24. The third-order valence-corrected chi connectivity index (χ3v) is 5.24. The summed E-state index contributed by atoms with van der Waals surface area (Å²) >= 11 is 0. The van der Waals surface area contributed by atoms with Crippen LogP contribution < -0.4 is 20.7 Å². The van der Waals surface area contributed by atoms with Crippen LogP contribution in [0, 0.1) is 5.92 Å². The van der Waals surface area contributed by atoms with Gasteiger partial charge in [0.05, 0.1) is 18.6 Å². The molecule has 2 aromatic rings. The molecule has 2 heterocycles. The molecule has 1 atom stereocenters. The summed E-state index contributed by atoms with van der Waals surface area (Å²) < 4.78 is 5.15. The van der Waals surface area contributed by atoms with Crippen LogP contribution >= 0.6 is 0 Å². The predicted octanol–water partition coefficient (Wildman–Crippen LogP) is 2.15. The number of methoxy groups -OCH3 is 1. The van der Waals surface area contributed by atoms with E-state index in [2.05, 4.69) is 15.2 Å². The molecule has 1 saturated heterocycles. The van der Waals surface area contributed by atoms with Gasteiger partial charge in [-0.3, -0.25) is 9.59 Å². The molecule has 1 aliphatic heterocycles. The lowest BCUT2D eigenvalue weighted by Gasteiger charge is -2.32. The molecule has 7 nitrogen and oxygen atoms in total. The number of carbonyl (C=O) groups excluding carboxylic acids is 2. The highest BCUT2D eigenvalue weighted by Gasteiger charge is 2.24. The molecule has 0 radical (unpaired) electrons. The Labute approximate surface area is 171 Å². The fourth-order valence-electron chi connectivity index (χ4n) is 3.51. The van der Waals surface area contributed by atoms with Crippen LogP contribution in [0.25, 0.3) is 0 Å². The Hall–Kier alpha value is -3.09. The molecular weight excluding hydrogens is 368 g/mol. The highest BCUT2D eigenvalue weighted by Crippen LogP contribution is 2.21. The summed E-state index contributed by atoms with van der Waals surface area (Å²) in [6, 6.07) is 11.5. The van der Waals surface area contributed by atoms with E-state index in [0.29, 0.717) is 18.7 Å². The summed E-state index contributed by atoms with van der Waals surface area (Å²) in [5.41, 5.74) is 7.17. The van der Waals surface area contributed by atoms with Crippen molar-refractivity contribution >= 4 is 17.6 Å². The summed E-state index contributed by atoms with van der Waals surface area (Å²) in [5, 5.41) is 2.93. The van der Waals surface area contributed by atoms with E-state index >= 15 is 0 Å². The zero-order valence-corrected chi connectivity index (χ0v) is 16.8. The number of piperidine rings is 1. The quantitative estimate of drug-likeness (QED) is 0.667. The number of rotatable bonds is 8. The number of nitrogens with one attached hydrogen (secondary N) is 1. The van der Waals surface area contributed by atoms with Crippen molar-refractivity contribution in [1.82, 2.24) is 10.3 Å². The molecule has 3 N–H and O–H groups in total. The van der Waals surface area contributed by atoms with Crippen LogP contribution in [0.5, 0.6) is 5.75 Å². The van der Waals surface area contributed by atoms with Crippen LogP contribution in [0.3, 0.4) is 0 Å². The molecule has 1 aromatic carbocycles. The van der Waals surface area contributed by atoms with E-state index in [1.807, 2.05) is 30.3 Å². The van der Waals surface area contributed by atoms with Crippen molar-refractivity contribution in [3.8, 4) is 5.75 Å². The molecule has 1 fully saturated rings. The summed E-state index contributed by atoms with van der Waals surface area (Å²) in [6.07, 6.45) is 5.06. The number of ether oxygens (including phenoxy) is 1. The van der Waals surface area contributed by atoms with Gasteiger partial charge < -0.3 is 20.7 Å². The Kier molecular flexibility index (Phi) is 7.05. The first-order valence-corrected chi connectivity index (χ1v) is 9.98. The molecule has 0 bridgehead atoms. The number of anilines is 1. The summed E-state index contributed by atoms with van der Waals surface area (Å²) in [4.78, 5) is 30.2. The number of primary amides is 1. The number of pyridine rings is 1. The van der Waals surface area contributed by atoms with Gasteiger partial charge in [0.15, 0.2) is 0 Å². The first kappa shape index (κ1) is 20.6. The number of aromatic nitrogens is 1. The van der Waals surface area contributed by atoms with Crippen molar-refractivity contribution in [3.63, 3.8) is 0 Å². The fraction of sp³-hybridized carbons (Fsp3) is 0.409. The van der Waals surface area contributed by atoms with Gasteiger partial charge in [0, 0.05) is 25.8 Å². The maximum atomic E-state index is 12.3. The van der Waals surface area contributed by atoms with Gasteiger partial charge >= 0.3 is 0 Å². The average Bonchev–Trinajstić information content (AvgIpc) is 2.77. The van der Waals surface area contributed by atoms with Gasteiger partial charge in [-0.2, -0.15) is 0 Å². The molecule has 1 aliphatic rings. The van der Waals surface area contributed by atoms with E-state index in [9.17, 15) is 9.59 Å². The molecule has 154 valence electrons. The van der Waals surface area contributed by atoms with E-state index in [-0.39, 0.29) is 17.7 Å². The monoisotopic (exact) mass is 396 g/mol. The Morgan fingerprint density at radius 3 is 2.69 bits per heavy atom. The fourth-order valence-corrected chi connectivity index (χ4v) is 3.51. The molecule has 0 spiro atoms. The van der Waals surface area contributed by atoms with Crippen LogP contribution in [0.1, 0.15) is 35.2 Å². The predicted molar refractivity (Wildman–Crippen MR) is 112 cm³/mol. The summed E-state index contributed by atoms with van der Waals surface area (Å²) in [5.74, 6) is 1.08. The second-order valence-electron chi connectivity index (χ2n) is 7.30. The molecule has 1 aromatic heterocycles. The smallest absolute Gasteiger partial charge is 0.252 e. The largest absolute Gasteiger partial charge is 0.497 e. The summed E-state index contributed by atoms with van der Waals surface area (Å²) in [6.45, 7) is 2.02. The Balaban J connectivity index is 1.45. The van der Waals surface area contributed by atoms with Crippen LogP contribution in [-0.2, 0) is 11.2 Å². The van der Waals surface area contributed by atoms with Gasteiger partial charge in [0.2, 0.25) is 5.91 Å². The van der Waals surface area contributed by atoms with Crippen molar-refractivity contribution in [1.29, 1.82) is 0 Å². The molecule has 0 aliphatic carbocycles. The lowest BCUT2D eigenvalue weighted by molar-refractivity contribution is -0.122. The van der Waals surface area contributed by atoms with Crippen LogP contribution in [-0.4, -0.2) is 43.5 Å². The molecule has 2 amide bonds. The van der Waals surface area contributed by atoms with Crippen molar-refractivity contribution in [2.75, 3.05) is 31.6 Å². The standard InChI is InChI=1S/C22H28N4O3/c1-29-19-9-6-16(7-10-19)4-2-12-24-22(28)17-8-11-20(25-14-17)26-13-3-5-18(15-26)21(23)27/h6-11,14,18H,2-5,12-13,15H2,1H3,(H2,23,27)(H,24,28). The minimum Gasteiger partial charge on any atom is -0.497 e. The number of nitrogens with two attached hydrogens (primary N) is 1. The van der Waals surface area contributed by atoms with E-state index in [0.717, 1.165) is 43.8 Å². The van der Waals surface area contributed by atoms with Gasteiger partial charge in [-0.25, -0.2) is 4.98 Å². The average molecular weight is 396 g/mol. The first-order valence-electron chi connectivity index (χ1n) is 9.98. The number of hydrogen-bond acceptors (Lipinski definition) is 5. The molecule has 1 unspecified atom stereocenters. The topological polar surface area (TPSA) is 97.5 Å². The highest BCUT2D eigenvalue weighted by atomic mass is 16.5. The minimum atomic E-state index is -0.264. The zero-order valence-electron chi connectivity index (χ0n) is 16.8. The van der Waals surface area contributed by atoms with Gasteiger partial charge in [-0.05, 0) is 55.5 Å². The highest BCUT2D eigenvalue weighted by molar-refractivity contribution is 5.94. The van der Waals surface area contributed by atoms with Gasteiger partial charge in [-0.1, -0.05) is 12.1 Å². The number of amides is 2. The lowest BCUT2D eigenvalue weighted by atomic mass is 9.97. The number of hydrogen-bond donors (Lipinski definition) is 2. The third kappa shape index (κ3) is 5.70. The second-order valence-corrected chi connectivity index (χ2v) is 7.30. The summed E-state index contributed by atoms with van der Waals surface area (Å²) in [7, 11) is 1.65. The maximum Gasteiger partial charge on any atom is 0.252 e. The van der Waals surface area contributed by atoms with Gasteiger partial charge in [-0.15, -0.1) is 0 Å². The number of aryl methyl sites for hydroxylation is 1. The van der Waals surface area contributed by atoms with E-state index in [1.165, 1.54) is 5.56 Å². The van der Waals surface area contributed by atoms with E-state index in [1.54, 1.807) is 19.4 Å². The first-order chi connectivity index (χ1) is 14.1. The van der Waals surface area contributed by atoms with Crippen LogP contribution in [0.4, 0.5) is 5.82 Å². The Bertz CT molecular complexity index is 821. The number of carbonyl (C=O) groups is 2. The molecule has 29 heavy (non-hydrogen) atoms. The second kappa shape index (κ2) is 9.91. The normalized spacial score (nSPS) is 16.3. The van der Waals surface area contributed by atoms with Crippen molar-refractivity contribution in [2.24, 2.45) is 11.7 Å². The minimum absolute atomic E-state index is 0.132. The Morgan fingerprint density at radius 1 is 1.24 bits per heavy atom. The van der Waals surface area contributed by atoms with Gasteiger partial charge in [0.25, 0.3) is 5.91 Å². The molecule has 0 saturated carbocycles. The zero-order chi connectivity index (χ0) is 20.6. The van der Waals surface area contributed by atoms with Crippen LogP contribution in [0.15, 0.2) is 42.6 Å². The number of benzene rings is 1. The molecule has 3 rings (SSSR count). The van der Waals surface area contributed by atoms with E-state index in [4.69, 9.17) is 10.5 Å². The number of nitrogens with zero attached hydrogens (tertiary/aromatic N) is 2. The van der Waals surface area contributed by atoms with E-state index < -0.39 is 0 Å². The van der Waals surface area contributed by atoms with Crippen molar-refractivity contribution < 1.29 is 14.3 Å². The van der Waals surface area contributed by atoms with Crippen LogP contribution in [0.2, 0.25) is 0 Å². The van der Waals surface area contributed by atoms with Gasteiger partial charge in [0.1, 0.15) is 11.6 Å². The van der Waals surface area contributed by atoms with Crippen molar-refractivity contribution in [3.05, 3.63) is 53.7 Å². The lowest BCUT2D eigenvalue weighted by Crippen LogP contribution is -2.41. The molecule has 7 heteroatoms. The van der Waals surface area contributed by atoms with Crippen molar-refractivity contribution in [2.45, 2.75) is 25.7 Å². The maximum absolute atomic E-state index is 12.3. The molecular formula is C22H28N4O3.